The molecule has 0 aliphatic heterocycles. The first-order chi connectivity index (χ1) is 9.34. The van der Waals surface area contributed by atoms with E-state index in [1.807, 2.05) is 30.5 Å². The zero-order valence-electron chi connectivity index (χ0n) is 11.1. The van der Waals surface area contributed by atoms with Gasteiger partial charge in [-0.2, -0.15) is 0 Å². The van der Waals surface area contributed by atoms with Gasteiger partial charge in [0.05, 0.1) is 5.52 Å². The Morgan fingerprint density at radius 3 is 2.89 bits per heavy atom. The number of nitrogens with zero attached hydrogens (tertiary/aromatic N) is 1. The first kappa shape index (κ1) is 12.4. The summed E-state index contributed by atoms with van der Waals surface area (Å²) < 4.78 is 6.20. The highest BCUT2D eigenvalue weighted by molar-refractivity contribution is 5.84. The summed E-state index contributed by atoms with van der Waals surface area (Å²) in [5.74, 6) is 0.910. The van der Waals surface area contributed by atoms with Gasteiger partial charge in [-0.1, -0.05) is 18.9 Å². The lowest BCUT2D eigenvalue weighted by molar-refractivity contribution is 0.165. The van der Waals surface area contributed by atoms with Gasteiger partial charge in [-0.05, 0) is 43.5 Å². The van der Waals surface area contributed by atoms with Crippen LogP contribution in [-0.4, -0.2) is 17.1 Å². The van der Waals surface area contributed by atoms with Gasteiger partial charge in [0.15, 0.2) is 0 Å². The van der Waals surface area contributed by atoms with Crippen molar-refractivity contribution in [2.45, 2.75) is 44.2 Å². The molecule has 1 aliphatic carbocycles. The molecule has 1 aromatic carbocycles. The van der Waals surface area contributed by atoms with E-state index in [0.29, 0.717) is 0 Å². The average Bonchev–Trinajstić information content (AvgIpc) is 2.65. The van der Waals surface area contributed by atoms with E-state index in [0.717, 1.165) is 29.5 Å². The number of aromatic nitrogens is 1. The smallest absolute Gasteiger partial charge is 0.129 e. The molecule has 0 amide bonds. The Morgan fingerprint density at radius 1 is 1.05 bits per heavy atom. The molecule has 0 radical (unpaired) electrons. The van der Waals surface area contributed by atoms with Crippen LogP contribution in [0.25, 0.3) is 10.9 Å². The summed E-state index contributed by atoms with van der Waals surface area (Å²) in [4.78, 5) is 4.36. The molecule has 0 bridgehead atoms. The second kappa shape index (κ2) is 5.57. The number of benzene rings is 1. The summed E-state index contributed by atoms with van der Waals surface area (Å²) in [6.45, 7) is 0. The Balaban J connectivity index is 1.88. The Bertz CT molecular complexity index is 550. The minimum absolute atomic E-state index is 0.133. The molecule has 3 heteroatoms. The van der Waals surface area contributed by atoms with Gasteiger partial charge in [0.1, 0.15) is 11.9 Å². The van der Waals surface area contributed by atoms with Crippen molar-refractivity contribution in [3.05, 3.63) is 36.5 Å². The fraction of sp³-hybridized carbons (Fsp3) is 0.438. The minimum Gasteiger partial charge on any atom is -0.488 e. The number of fused-ring (bicyclic) bond motifs is 1. The van der Waals surface area contributed by atoms with Crippen LogP contribution in [0.2, 0.25) is 0 Å². The van der Waals surface area contributed by atoms with E-state index in [9.17, 15) is 0 Å². The largest absolute Gasteiger partial charge is 0.488 e. The Kier molecular flexibility index (Phi) is 3.65. The summed E-state index contributed by atoms with van der Waals surface area (Å²) in [6, 6.07) is 10.2. The van der Waals surface area contributed by atoms with Crippen LogP contribution in [0.4, 0.5) is 0 Å². The summed E-state index contributed by atoms with van der Waals surface area (Å²) >= 11 is 0. The van der Waals surface area contributed by atoms with E-state index in [-0.39, 0.29) is 12.1 Å². The van der Waals surface area contributed by atoms with Gasteiger partial charge >= 0.3 is 0 Å². The maximum absolute atomic E-state index is 6.23. The first-order valence-electron chi connectivity index (χ1n) is 7.10. The highest BCUT2D eigenvalue weighted by Gasteiger charge is 2.22. The summed E-state index contributed by atoms with van der Waals surface area (Å²) in [5, 5.41) is 1.07. The van der Waals surface area contributed by atoms with Crippen molar-refractivity contribution in [2.24, 2.45) is 5.73 Å². The van der Waals surface area contributed by atoms with Gasteiger partial charge in [-0.25, -0.2) is 0 Å². The molecule has 2 atom stereocenters. The molecular weight excluding hydrogens is 236 g/mol. The highest BCUT2D eigenvalue weighted by atomic mass is 16.5. The molecule has 0 spiro atoms. The third kappa shape index (κ3) is 2.71. The van der Waals surface area contributed by atoms with Crippen LogP contribution < -0.4 is 10.5 Å². The van der Waals surface area contributed by atoms with E-state index >= 15 is 0 Å². The zero-order chi connectivity index (χ0) is 13.1. The molecule has 1 saturated carbocycles. The molecule has 19 heavy (non-hydrogen) atoms. The van der Waals surface area contributed by atoms with Crippen LogP contribution in [0.15, 0.2) is 36.5 Å². The van der Waals surface area contributed by atoms with Crippen LogP contribution in [0, 0.1) is 0 Å². The summed E-state index contributed by atoms with van der Waals surface area (Å²) in [5.41, 5.74) is 7.20. The monoisotopic (exact) mass is 256 g/mol. The predicted molar refractivity (Wildman–Crippen MR) is 77.2 cm³/mol. The van der Waals surface area contributed by atoms with E-state index in [4.69, 9.17) is 10.5 Å². The van der Waals surface area contributed by atoms with Crippen molar-refractivity contribution in [3.8, 4) is 5.75 Å². The van der Waals surface area contributed by atoms with Crippen molar-refractivity contribution >= 4 is 10.9 Å². The van der Waals surface area contributed by atoms with Crippen LogP contribution in [-0.2, 0) is 0 Å². The van der Waals surface area contributed by atoms with Crippen molar-refractivity contribution in [1.82, 2.24) is 4.98 Å². The highest BCUT2D eigenvalue weighted by Crippen LogP contribution is 2.28. The lowest BCUT2D eigenvalue weighted by Gasteiger charge is -2.23. The molecule has 100 valence electrons. The maximum Gasteiger partial charge on any atom is 0.129 e. The molecule has 1 fully saturated rings. The molecule has 3 rings (SSSR count). The molecular formula is C16H20N2O. The number of rotatable bonds is 2. The van der Waals surface area contributed by atoms with Gasteiger partial charge in [0.25, 0.3) is 0 Å². The van der Waals surface area contributed by atoms with E-state index in [1.54, 1.807) is 0 Å². The number of nitrogens with two attached hydrogens (primary N) is 1. The van der Waals surface area contributed by atoms with Gasteiger partial charge in [-0.15, -0.1) is 0 Å². The number of pyridine rings is 1. The lowest BCUT2D eigenvalue weighted by atomic mass is 10.1. The molecule has 3 nitrogen and oxygen atoms in total. The third-order valence-corrected chi connectivity index (χ3v) is 3.89. The fourth-order valence-electron chi connectivity index (χ4n) is 2.79. The quantitative estimate of drug-likeness (QED) is 0.839. The average molecular weight is 256 g/mol. The van der Waals surface area contributed by atoms with Crippen molar-refractivity contribution in [1.29, 1.82) is 0 Å². The fourth-order valence-corrected chi connectivity index (χ4v) is 2.79. The van der Waals surface area contributed by atoms with Crippen LogP contribution in [0.5, 0.6) is 5.75 Å². The molecule has 2 N–H and O–H groups in total. The minimum atomic E-state index is 0.133. The lowest BCUT2D eigenvalue weighted by Crippen LogP contribution is -2.37. The SMILES string of the molecule is NC1CCCCCC1Oc1cccc2ncccc12. The Hall–Kier alpha value is -1.61. The molecule has 2 aromatic rings. The van der Waals surface area contributed by atoms with E-state index in [2.05, 4.69) is 11.1 Å². The topological polar surface area (TPSA) is 48.1 Å². The second-order valence-corrected chi connectivity index (χ2v) is 5.28. The van der Waals surface area contributed by atoms with E-state index in [1.165, 1.54) is 19.3 Å². The van der Waals surface area contributed by atoms with Crippen LogP contribution in [0.3, 0.4) is 0 Å². The molecule has 1 aromatic heterocycles. The van der Waals surface area contributed by atoms with Crippen LogP contribution >= 0.6 is 0 Å². The second-order valence-electron chi connectivity index (χ2n) is 5.28. The van der Waals surface area contributed by atoms with Crippen molar-refractivity contribution < 1.29 is 4.74 Å². The first-order valence-corrected chi connectivity index (χ1v) is 7.10. The molecule has 1 heterocycles. The number of hydrogen-bond acceptors (Lipinski definition) is 3. The predicted octanol–water partition coefficient (Wildman–Crippen LogP) is 3.27. The van der Waals surface area contributed by atoms with Gasteiger partial charge in [-0.3, -0.25) is 4.98 Å². The molecule has 0 saturated heterocycles. The van der Waals surface area contributed by atoms with Gasteiger partial charge < -0.3 is 10.5 Å². The van der Waals surface area contributed by atoms with Gasteiger partial charge in [0.2, 0.25) is 0 Å². The third-order valence-electron chi connectivity index (χ3n) is 3.89. The normalized spacial score (nSPS) is 24.1. The molecule has 1 aliphatic rings. The number of ether oxygens (including phenoxy) is 1. The van der Waals surface area contributed by atoms with Crippen LogP contribution in [0.1, 0.15) is 32.1 Å². The van der Waals surface area contributed by atoms with E-state index < -0.39 is 0 Å². The summed E-state index contributed by atoms with van der Waals surface area (Å²) in [7, 11) is 0. The zero-order valence-corrected chi connectivity index (χ0v) is 11.1. The standard InChI is InChI=1S/C16H20N2O/c17-13-7-2-1-3-9-16(13)19-15-10-4-8-14-12(15)6-5-11-18-14/h4-6,8,10-11,13,16H,1-3,7,9,17H2. The summed E-state index contributed by atoms with van der Waals surface area (Å²) in [6.07, 6.45) is 7.76. The maximum atomic E-state index is 6.23. The van der Waals surface area contributed by atoms with Crippen molar-refractivity contribution in [3.63, 3.8) is 0 Å². The Morgan fingerprint density at radius 2 is 1.95 bits per heavy atom. The Labute approximate surface area is 113 Å². The molecule has 2 unspecified atom stereocenters. The van der Waals surface area contributed by atoms with Crippen molar-refractivity contribution in [2.75, 3.05) is 0 Å². The van der Waals surface area contributed by atoms with Gasteiger partial charge in [0, 0.05) is 17.6 Å². The number of hydrogen-bond donors (Lipinski definition) is 1.